The summed E-state index contributed by atoms with van der Waals surface area (Å²) in [4.78, 5) is 20.6. The molecule has 0 spiro atoms. The maximum absolute atomic E-state index is 12.1. The zero-order valence-corrected chi connectivity index (χ0v) is 14.9. The molecular formula is C16H19BrN4O2. The number of halogens is 1. The summed E-state index contributed by atoms with van der Waals surface area (Å²) in [7, 11) is 1.59. The predicted molar refractivity (Wildman–Crippen MR) is 93.1 cm³/mol. The van der Waals surface area contributed by atoms with Crippen molar-refractivity contribution in [1.29, 1.82) is 0 Å². The van der Waals surface area contributed by atoms with Gasteiger partial charge in [-0.3, -0.25) is 4.79 Å². The third-order valence-corrected chi connectivity index (χ3v) is 3.61. The first-order chi connectivity index (χ1) is 11.0. The Labute approximate surface area is 143 Å². The number of hydrogen-bond donors (Lipinski definition) is 2. The van der Waals surface area contributed by atoms with Crippen molar-refractivity contribution in [2.24, 2.45) is 0 Å². The van der Waals surface area contributed by atoms with Crippen molar-refractivity contribution in [2.45, 2.75) is 13.8 Å². The average molecular weight is 379 g/mol. The smallest absolute Gasteiger partial charge is 0.270 e. The summed E-state index contributed by atoms with van der Waals surface area (Å²) in [5, 5.41) is 5.97. The van der Waals surface area contributed by atoms with Crippen LogP contribution in [0, 0.1) is 13.8 Å². The van der Waals surface area contributed by atoms with Gasteiger partial charge in [-0.1, -0.05) is 15.9 Å². The first-order valence-corrected chi connectivity index (χ1v) is 7.95. The molecule has 0 saturated heterocycles. The Balaban J connectivity index is 2.18. The lowest BCUT2D eigenvalue weighted by Crippen LogP contribution is -2.28. The van der Waals surface area contributed by atoms with Gasteiger partial charge in [0.05, 0.1) is 6.61 Å². The molecular weight excluding hydrogens is 360 g/mol. The van der Waals surface area contributed by atoms with E-state index < -0.39 is 0 Å². The highest BCUT2D eigenvalue weighted by molar-refractivity contribution is 9.10. The van der Waals surface area contributed by atoms with Crippen LogP contribution in [0.2, 0.25) is 0 Å². The molecule has 2 aromatic rings. The van der Waals surface area contributed by atoms with Crippen LogP contribution in [-0.2, 0) is 4.74 Å². The van der Waals surface area contributed by atoms with Crippen molar-refractivity contribution in [3.05, 3.63) is 45.8 Å². The van der Waals surface area contributed by atoms with E-state index in [4.69, 9.17) is 4.74 Å². The number of rotatable bonds is 6. The Morgan fingerprint density at radius 3 is 2.74 bits per heavy atom. The topological polar surface area (TPSA) is 76.1 Å². The van der Waals surface area contributed by atoms with E-state index in [-0.39, 0.29) is 5.91 Å². The molecule has 6 nitrogen and oxygen atoms in total. The summed E-state index contributed by atoms with van der Waals surface area (Å²) < 4.78 is 5.93. The monoisotopic (exact) mass is 378 g/mol. The minimum absolute atomic E-state index is 0.247. The second-order valence-electron chi connectivity index (χ2n) is 5.02. The fourth-order valence-corrected chi connectivity index (χ4v) is 2.49. The fraction of sp³-hybridized carbons (Fsp3) is 0.312. The molecule has 0 atom stereocenters. The Bertz CT molecular complexity index is 706. The number of carbonyl (C=O) groups excluding carboxylic acids is 1. The molecule has 0 fully saturated rings. The van der Waals surface area contributed by atoms with E-state index in [1.54, 1.807) is 20.1 Å². The number of ether oxygens (including phenoxy) is 1. The van der Waals surface area contributed by atoms with Crippen LogP contribution in [0.1, 0.15) is 21.9 Å². The third-order valence-electron chi connectivity index (χ3n) is 3.11. The van der Waals surface area contributed by atoms with E-state index in [0.29, 0.717) is 30.5 Å². The molecule has 0 unspecified atom stereocenters. The molecule has 0 bridgehead atoms. The number of nitrogens with one attached hydrogen (secondary N) is 2. The van der Waals surface area contributed by atoms with Crippen molar-refractivity contribution in [3.63, 3.8) is 0 Å². The van der Waals surface area contributed by atoms with Gasteiger partial charge in [0.1, 0.15) is 17.3 Å². The fourth-order valence-electron chi connectivity index (χ4n) is 2.01. The van der Waals surface area contributed by atoms with Crippen molar-refractivity contribution < 1.29 is 9.53 Å². The van der Waals surface area contributed by atoms with Gasteiger partial charge >= 0.3 is 0 Å². The van der Waals surface area contributed by atoms with Gasteiger partial charge in [0.2, 0.25) is 0 Å². The zero-order valence-electron chi connectivity index (χ0n) is 13.3. The van der Waals surface area contributed by atoms with Crippen LogP contribution in [-0.4, -0.2) is 36.1 Å². The van der Waals surface area contributed by atoms with Gasteiger partial charge in [-0.15, -0.1) is 0 Å². The molecule has 122 valence electrons. The lowest BCUT2D eigenvalue weighted by Gasteiger charge is -2.11. The third kappa shape index (κ3) is 5.01. The number of aryl methyl sites for hydroxylation is 2. The lowest BCUT2D eigenvalue weighted by molar-refractivity contribution is 0.0932. The number of carbonyl (C=O) groups is 1. The van der Waals surface area contributed by atoms with Gasteiger partial charge in [0.25, 0.3) is 5.91 Å². The molecule has 1 aromatic carbocycles. The summed E-state index contributed by atoms with van der Waals surface area (Å²) >= 11 is 3.44. The maximum Gasteiger partial charge on any atom is 0.270 e. The van der Waals surface area contributed by atoms with Crippen LogP contribution in [0.3, 0.4) is 0 Å². The number of aromatic nitrogens is 2. The largest absolute Gasteiger partial charge is 0.383 e. The molecule has 0 radical (unpaired) electrons. The quantitative estimate of drug-likeness (QED) is 0.755. The summed E-state index contributed by atoms with van der Waals surface area (Å²) in [5.41, 5.74) is 2.32. The van der Waals surface area contributed by atoms with E-state index in [1.165, 1.54) is 0 Å². The minimum atomic E-state index is -0.247. The minimum Gasteiger partial charge on any atom is -0.383 e. The number of benzene rings is 1. The normalized spacial score (nSPS) is 10.4. The van der Waals surface area contributed by atoms with Crippen LogP contribution in [0.25, 0.3) is 0 Å². The summed E-state index contributed by atoms with van der Waals surface area (Å²) in [6.07, 6.45) is 0. The average Bonchev–Trinajstić information content (AvgIpc) is 2.50. The van der Waals surface area contributed by atoms with Gasteiger partial charge in [-0.25, -0.2) is 9.97 Å². The molecule has 23 heavy (non-hydrogen) atoms. The lowest BCUT2D eigenvalue weighted by atomic mass is 10.2. The van der Waals surface area contributed by atoms with Gasteiger partial charge in [0, 0.05) is 29.9 Å². The van der Waals surface area contributed by atoms with E-state index in [9.17, 15) is 4.79 Å². The van der Waals surface area contributed by atoms with Crippen molar-refractivity contribution in [1.82, 2.24) is 15.3 Å². The van der Waals surface area contributed by atoms with E-state index >= 15 is 0 Å². The zero-order chi connectivity index (χ0) is 16.8. The molecule has 0 aliphatic carbocycles. The van der Waals surface area contributed by atoms with E-state index in [0.717, 1.165) is 15.7 Å². The highest BCUT2D eigenvalue weighted by Gasteiger charge is 2.11. The molecule has 1 amide bonds. The Morgan fingerprint density at radius 1 is 1.26 bits per heavy atom. The highest BCUT2D eigenvalue weighted by Crippen LogP contribution is 2.23. The molecule has 0 aliphatic heterocycles. The van der Waals surface area contributed by atoms with Crippen LogP contribution >= 0.6 is 15.9 Å². The number of anilines is 2. The summed E-state index contributed by atoms with van der Waals surface area (Å²) in [6.45, 7) is 4.65. The second-order valence-corrected chi connectivity index (χ2v) is 5.93. The first kappa shape index (κ1) is 17.4. The molecule has 0 aliphatic rings. The van der Waals surface area contributed by atoms with E-state index in [1.807, 2.05) is 25.1 Å². The summed E-state index contributed by atoms with van der Waals surface area (Å²) in [6, 6.07) is 7.54. The standard InChI is InChI=1S/C16H19BrN4O2/c1-10-8-12(17)4-5-13(10)21-15-9-14(19-11(2)20-15)16(22)18-6-7-23-3/h4-5,8-9H,6-7H2,1-3H3,(H,18,22)(H,19,20,21). The van der Waals surface area contributed by atoms with Crippen molar-refractivity contribution >= 4 is 33.3 Å². The van der Waals surface area contributed by atoms with E-state index in [2.05, 4.69) is 36.5 Å². The number of amides is 1. The van der Waals surface area contributed by atoms with Gasteiger partial charge in [0.15, 0.2) is 0 Å². The van der Waals surface area contributed by atoms with Crippen molar-refractivity contribution in [3.8, 4) is 0 Å². The predicted octanol–water partition coefficient (Wildman–Crippen LogP) is 2.98. The second kappa shape index (κ2) is 8.03. The number of nitrogens with zero attached hydrogens (tertiary/aromatic N) is 2. The van der Waals surface area contributed by atoms with Crippen molar-refractivity contribution in [2.75, 3.05) is 25.6 Å². The first-order valence-electron chi connectivity index (χ1n) is 7.15. The molecule has 0 saturated carbocycles. The van der Waals surface area contributed by atoms with Crippen LogP contribution in [0.5, 0.6) is 0 Å². The van der Waals surface area contributed by atoms with Crippen LogP contribution in [0.15, 0.2) is 28.7 Å². The molecule has 7 heteroatoms. The molecule has 1 aromatic heterocycles. The maximum atomic E-state index is 12.1. The van der Waals surface area contributed by atoms with Crippen LogP contribution < -0.4 is 10.6 Å². The number of methoxy groups -OCH3 is 1. The van der Waals surface area contributed by atoms with Gasteiger partial charge < -0.3 is 15.4 Å². The van der Waals surface area contributed by atoms with Gasteiger partial charge in [-0.2, -0.15) is 0 Å². The molecule has 1 heterocycles. The highest BCUT2D eigenvalue weighted by atomic mass is 79.9. The summed E-state index contributed by atoms with van der Waals surface area (Å²) in [5.74, 6) is 0.865. The Kier molecular flexibility index (Phi) is 6.06. The SMILES string of the molecule is COCCNC(=O)c1cc(Nc2ccc(Br)cc2C)nc(C)n1. The molecule has 2 N–H and O–H groups in total. The van der Waals surface area contributed by atoms with Gasteiger partial charge in [-0.05, 0) is 37.6 Å². The Morgan fingerprint density at radius 2 is 2.04 bits per heavy atom. The Hall–Kier alpha value is -1.99. The van der Waals surface area contributed by atoms with Crippen LogP contribution in [0.4, 0.5) is 11.5 Å². The number of hydrogen-bond acceptors (Lipinski definition) is 5. The molecule has 2 rings (SSSR count).